The van der Waals surface area contributed by atoms with Crippen molar-refractivity contribution in [3.8, 4) is 0 Å². The summed E-state index contributed by atoms with van der Waals surface area (Å²) in [6, 6.07) is 0.381. The summed E-state index contributed by atoms with van der Waals surface area (Å²) in [5.41, 5.74) is -0.731. The van der Waals surface area contributed by atoms with Gasteiger partial charge in [0.25, 0.3) is 0 Å². The van der Waals surface area contributed by atoms with Crippen LogP contribution in [0, 0.1) is 5.92 Å². The Balaban J connectivity index is 1.63. The van der Waals surface area contributed by atoms with Gasteiger partial charge in [0, 0.05) is 18.5 Å². The van der Waals surface area contributed by atoms with Crippen molar-refractivity contribution in [1.82, 2.24) is 9.80 Å². The maximum atomic E-state index is 11.3. The van der Waals surface area contributed by atoms with Crippen molar-refractivity contribution in [2.75, 3.05) is 13.2 Å². The van der Waals surface area contributed by atoms with E-state index >= 15 is 0 Å². The van der Waals surface area contributed by atoms with E-state index in [1.165, 1.54) is 0 Å². The fourth-order valence-electron chi connectivity index (χ4n) is 3.69. The van der Waals surface area contributed by atoms with E-state index in [0.717, 1.165) is 19.6 Å². The van der Waals surface area contributed by atoms with Gasteiger partial charge in [-0.1, -0.05) is 6.42 Å². The zero-order valence-corrected chi connectivity index (χ0v) is 8.91. The Morgan fingerprint density at radius 2 is 2.25 bits per heavy atom. The first-order valence-corrected chi connectivity index (χ1v) is 5.69. The molecule has 3 N–H and O–H groups in total. The summed E-state index contributed by atoms with van der Waals surface area (Å²) < 4.78 is 0. The van der Waals surface area contributed by atoms with Crippen LogP contribution in [-0.4, -0.2) is 63.0 Å². The van der Waals surface area contributed by atoms with Gasteiger partial charge in [0.2, 0.25) is 0 Å². The Morgan fingerprint density at radius 3 is 2.81 bits per heavy atom. The Kier molecular flexibility index (Phi) is 2.10. The van der Waals surface area contributed by atoms with Gasteiger partial charge in [-0.15, -0.1) is 0 Å². The van der Waals surface area contributed by atoms with Crippen molar-refractivity contribution >= 4 is 13.1 Å². The van der Waals surface area contributed by atoms with E-state index in [0.29, 0.717) is 18.8 Å². The largest absolute Gasteiger partial charge is 0.479 e. The summed E-state index contributed by atoms with van der Waals surface area (Å²) in [6.07, 6.45) is 1.77. The molecule has 5 aliphatic heterocycles. The zero-order chi connectivity index (χ0) is 11.5. The van der Waals surface area contributed by atoms with Gasteiger partial charge in [-0.2, -0.15) is 0 Å². The van der Waals surface area contributed by atoms with Gasteiger partial charge < -0.3 is 15.2 Å². The van der Waals surface area contributed by atoms with E-state index < -0.39 is 18.8 Å². The van der Waals surface area contributed by atoms with Gasteiger partial charge in [0.15, 0.2) is 5.66 Å². The van der Waals surface area contributed by atoms with E-state index in [-0.39, 0.29) is 5.92 Å². The second-order valence-electron chi connectivity index (χ2n) is 4.95. The SMILES string of the molecule is O=C(O)C12C(CCCB(O)O)C3CN1CN32. The molecule has 5 unspecified atom stereocenters. The predicted octanol–water partition coefficient (Wildman–Crippen LogP) is -1.39. The second kappa shape index (κ2) is 3.19. The Morgan fingerprint density at radius 1 is 1.50 bits per heavy atom. The lowest BCUT2D eigenvalue weighted by Gasteiger charge is -2.63. The van der Waals surface area contributed by atoms with Crippen LogP contribution in [0.5, 0.6) is 0 Å². The summed E-state index contributed by atoms with van der Waals surface area (Å²) >= 11 is 0. The normalized spacial score (nSPS) is 47.1. The molecule has 0 radical (unpaired) electrons. The summed E-state index contributed by atoms with van der Waals surface area (Å²) in [4.78, 5) is 15.4. The summed E-state index contributed by atoms with van der Waals surface area (Å²) in [5.74, 6) is -0.584. The molecule has 0 saturated carbocycles. The quantitative estimate of drug-likeness (QED) is 0.500. The third kappa shape index (κ3) is 0.995. The number of carboxylic acids is 1. The van der Waals surface area contributed by atoms with Gasteiger partial charge in [-0.25, -0.2) is 4.79 Å². The van der Waals surface area contributed by atoms with E-state index in [4.69, 9.17) is 10.0 Å². The molecule has 16 heavy (non-hydrogen) atoms. The van der Waals surface area contributed by atoms with Crippen LogP contribution in [0.2, 0.25) is 6.32 Å². The van der Waals surface area contributed by atoms with Crippen LogP contribution in [0.15, 0.2) is 0 Å². The molecule has 5 rings (SSSR count). The van der Waals surface area contributed by atoms with Crippen molar-refractivity contribution in [2.24, 2.45) is 5.92 Å². The van der Waals surface area contributed by atoms with Gasteiger partial charge in [-0.3, -0.25) is 9.80 Å². The minimum Gasteiger partial charge on any atom is -0.479 e. The molecule has 0 aromatic carbocycles. The summed E-state index contributed by atoms with van der Waals surface area (Å²) in [7, 11) is -1.27. The number of carbonyl (C=O) groups is 1. The van der Waals surface area contributed by atoms with Crippen molar-refractivity contribution in [2.45, 2.75) is 30.9 Å². The van der Waals surface area contributed by atoms with Crippen LogP contribution in [-0.2, 0) is 4.79 Å². The lowest BCUT2D eigenvalue weighted by atomic mass is 9.71. The maximum Gasteiger partial charge on any atom is 0.451 e. The molecule has 7 heteroatoms. The van der Waals surface area contributed by atoms with Crippen LogP contribution >= 0.6 is 0 Å². The summed E-state index contributed by atoms with van der Waals surface area (Å²) in [5, 5.41) is 26.8. The highest BCUT2D eigenvalue weighted by atomic mass is 16.4. The minimum absolute atomic E-state index is 0.164. The molecular weight excluding hydrogens is 211 g/mol. The molecule has 5 heterocycles. The molecule has 0 aromatic heterocycles. The fraction of sp³-hybridized carbons (Fsp3) is 0.889. The Hall–Kier alpha value is -0.625. The van der Waals surface area contributed by atoms with E-state index in [9.17, 15) is 9.90 Å². The lowest BCUT2D eigenvalue weighted by Crippen LogP contribution is -2.83. The number of carboxylic acid groups (broad SMARTS) is 1. The molecular formula is C9H15BN2O4. The highest BCUT2D eigenvalue weighted by Gasteiger charge is 2.79. The van der Waals surface area contributed by atoms with E-state index in [2.05, 4.69) is 0 Å². The topological polar surface area (TPSA) is 84.2 Å². The van der Waals surface area contributed by atoms with Gasteiger partial charge in [-0.05, 0) is 12.7 Å². The fourth-order valence-corrected chi connectivity index (χ4v) is 3.69. The number of aliphatic carboxylic acids is 1. The number of hydrogen-bond donors (Lipinski definition) is 3. The molecule has 0 aromatic rings. The van der Waals surface area contributed by atoms with E-state index in [1.807, 2.05) is 9.80 Å². The standard InChI is InChI=1S/C9H15BN2O4/c13-8(14)9-6(2-1-3-10(15)16)7-4-11(9)5-12(7)9/h6-7,15-16H,1-5H2,(H,13,14). The van der Waals surface area contributed by atoms with Gasteiger partial charge in [0.1, 0.15) is 0 Å². The van der Waals surface area contributed by atoms with Gasteiger partial charge >= 0.3 is 13.1 Å². The smallest absolute Gasteiger partial charge is 0.451 e. The first-order chi connectivity index (χ1) is 7.58. The molecule has 5 fully saturated rings. The molecule has 5 aliphatic rings. The number of rotatable bonds is 5. The average molecular weight is 226 g/mol. The highest BCUT2D eigenvalue weighted by molar-refractivity contribution is 6.40. The van der Waals surface area contributed by atoms with Crippen molar-refractivity contribution in [3.05, 3.63) is 0 Å². The molecule has 0 spiro atoms. The summed E-state index contributed by atoms with van der Waals surface area (Å²) in [6.45, 7) is 1.65. The Labute approximate surface area is 93.6 Å². The number of nitrogens with zero attached hydrogens (tertiary/aromatic N) is 2. The van der Waals surface area contributed by atoms with Gasteiger partial charge in [0.05, 0.1) is 6.67 Å². The molecule has 88 valence electrons. The molecule has 4 bridgehead atoms. The molecule has 5 saturated heterocycles. The lowest BCUT2D eigenvalue weighted by molar-refractivity contribution is -0.247. The van der Waals surface area contributed by atoms with Crippen LogP contribution in [0.4, 0.5) is 0 Å². The van der Waals surface area contributed by atoms with Crippen molar-refractivity contribution < 1.29 is 19.9 Å². The molecule has 6 nitrogen and oxygen atoms in total. The second-order valence-corrected chi connectivity index (χ2v) is 4.95. The monoisotopic (exact) mass is 226 g/mol. The maximum absolute atomic E-state index is 11.3. The zero-order valence-electron chi connectivity index (χ0n) is 8.91. The average Bonchev–Trinajstić information content (AvgIpc) is 2.77. The Bertz CT molecular complexity index is 333. The first-order valence-electron chi connectivity index (χ1n) is 5.69. The van der Waals surface area contributed by atoms with Crippen LogP contribution in [0.25, 0.3) is 0 Å². The van der Waals surface area contributed by atoms with Crippen LogP contribution in [0.3, 0.4) is 0 Å². The minimum atomic E-state index is -1.27. The number of hydrogen-bond acceptors (Lipinski definition) is 5. The van der Waals surface area contributed by atoms with E-state index in [1.54, 1.807) is 0 Å². The first kappa shape index (κ1) is 10.5. The van der Waals surface area contributed by atoms with Crippen molar-refractivity contribution in [1.29, 1.82) is 0 Å². The molecule has 0 aliphatic carbocycles. The highest BCUT2D eigenvalue weighted by Crippen LogP contribution is 2.60. The third-order valence-electron chi connectivity index (χ3n) is 4.32. The van der Waals surface area contributed by atoms with Crippen molar-refractivity contribution in [3.63, 3.8) is 0 Å². The van der Waals surface area contributed by atoms with Crippen LogP contribution in [0.1, 0.15) is 12.8 Å². The molecule has 5 atom stereocenters. The molecule has 0 amide bonds. The predicted molar refractivity (Wildman–Crippen MR) is 55.3 cm³/mol. The van der Waals surface area contributed by atoms with Crippen LogP contribution < -0.4 is 0 Å². The third-order valence-corrected chi connectivity index (χ3v) is 4.32.